The van der Waals surface area contributed by atoms with E-state index in [9.17, 15) is 5.11 Å². The minimum atomic E-state index is -0.193. The zero-order valence-electron chi connectivity index (χ0n) is 23.0. The maximum Gasteiger partial charge on any atom is 0.247 e. The van der Waals surface area contributed by atoms with Gasteiger partial charge in [0, 0.05) is 34.4 Å². The molecule has 0 amide bonds. The zero-order valence-corrected chi connectivity index (χ0v) is 23.8. The van der Waals surface area contributed by atoms with Crippen molar-refractivity contribution in [1.29, 1.82) is 0 Å². The highest BCUT2D eigenvalue weighted by molar-refractivity contribution is 7.99. The third-order valence-corrected chi connectivity index (χ3v) is 7.67. The molecule has 39 heavy (non-hydrogen) atoms. The number of hydrogen-bond acceptors (Lipinski definition) is 4. The summed E-state index contributed by atoms with van der Waals surface area (Å²) in [7, 11) is 0. The Morgan fingerprint density at radius 1 is 1.08 bits per heavy atom. The van der Waals surface area contributed by atoms with Crippen LogP contribution in [0, 0.1) is 0 Å². The van der Waals surface area contributed by atoms with Crippen LogP contribution in [0.25, 0.3) is 0 Å². The van der Waals surface area contributed by atoms with Crippen molar-refractivity contribution in [1.82, 2.24) is 0 Å². The molecular weight excluding hydrogens is 497 g/mol. The van der Waals surface area contributed by atoms with Gasteiger partial charge in [-0.1, -0.05) is 107 Å². The molecule has 0 saturated heterocycles. The molecule has 0 bridgehead atoms. The van der Waals surface area contributed by atoms with Gasteiger partial charge in [-0.15, -0.1) is 17.7 Å². The van der Waals surface area contributed by atoms with E-state index >= 15 is 0 Å². The molecule has 2 aliphatic rings. The van der Waals surface area contributed by atoms with Crippen LogP contribution >= 0.6 is 11.8 Å². The fourth-order valence-corrected chi connectivity index (χ4v) is 5.44. The number of hydrogen-bond donors (Lipinski definition) is 1. The fraction of sp³-hybridized carbons (Fsp3) is 0.176. The SMILES string of the molecule is C=C/C=C\C=C\B1C(=C\O)/C(=C\C(=C)N2C/C=C\C=C/CSc3ccccc32)Oc2ccc(C(C)(C)C)cc21. The number of ether oxygens (including phenoxy) is 1. The van der Waals surface area contributed by atoms with Gasteiger partial charge in [-0.25, -0.2) is 0 Å². The van der Waals surface area contributed by atoms with E-state index in [4.69, 9.17) is 4.74 Å². The summed E-state index contributed by atoms with van der Waals surface area (Å²) in [5, 5.41) is 10.5. The van der Waals surface area contributed by atoms with Crippen molar-refractivity contribution in [3.05, 3.63) is 145 Å². The van der Waals surface area contributed by atoms with Gasteiger partial charge in [0.05, 0.1) is 11.9 Å². The van der Waals surface area contributed by atoms with Crippen molar-refractivity contribution in [3.63, 3.8) is 0 Å². The summed E-state index contributed by atoms with van der Waals surface area (Å²) in [6.45, 7) is 15.2. The Morgan fingerprint density at radius 3 is 2.64 bits per heavy atom. The normalized spacial score (nSPS) is 19.6. The maximum atomic E-state index is 10.5. The molecular formula is C34H36BNO2S. The van der Waals surface area contributed by atoms with Crippen molar-refractivity contribution >= 4 is 29.6 Å². The van der Waals surface area contributed by atoms with E-state index < -0.39 is 0 Å². The Hall–Kier alpha value is -3.83. The first-order chi connectivity index (χ1) is 18.8. The van der Waals surface area contributed by atoms with Crippen molar-refractivity contribution < 1.29 is 9.84 Å². The second kappa shape index (κ2) is 12.8. The molecule has 0 aliphatic carbocycles. The predicted molar refractivity (Wildman–Crippen MR) is 170 cm³/mol. The van der Waals surface area contributed by atoms with Gasteiger partial charge in [0.1, 0.15) is 11.5 Å². The number of thioether (sulfide) groups is 1. The van der Waals surface area contributed by atoms with Crippen LogP contribution in [0.4, 0.5) is 5.69 Å². The molecule has 0 fully saturated rings. The minimum Gasteiger partial charge on any atom is -0.516 e. The first-order valence-electron chi connectivity index (χ1n) is 13.2. The second-order valence-corrected chi connectivity index (χ2v) is 11.5. The number of aliphatic hydroxyl groups is 1. The lowest BCUT2D eigenvalue weighted by Gasteiger charge is -2.31. The number of aliphatic hydroxyl groups excluding tert-OH is 1. The first-order valence-corrected chi connectivity index (χ1v) is 14.2. The van der Waals surface area contributed by atoms with E-state index in [1.807, 2.05) is 30.4 Å². The molecule has 3 nitrogen and oxygen atoms in total. The van der Waals surface area contributed by atoms with E-state index in [1.54, 1.807) is 17.8 Å². The molecule has 5 heteroatoms. The minimum absolute atomic E-state index is 0.0171. The topological polar surface area (TPSA) is 32.7 Å². The maximum absolute atomic E-state index is 10.5. The van der Waals surface area contributed by atoms with E-state index in [0.717, 1.165) is 34.6 Å². The van der Waals surface area contributed by atoms with Gasteiger partial charge in [-0.3, -0.25) is 0 Å². The number of para-hydroxylation sites is 1. The summed E-state index contributed by atoms with van der Waals surface area (Å²) < 4.78 is 6.45. The number of rotatable bonds is 5. The molecule has 0 aromatic heterocycles. The smallest absolute Gasteiger partial charge is 0.247 e. The van der Waals surface area contributed by atoms with Crippen molar-refractivity contribution in [2.24, 2.45) is 0 Å². The zero-order chi connectivity index (χ0) is 27.8. The first kappa shape index (κ1) is 28.2. The van der Waals surface area contributed by atoms with Crippen molar-refractivity contribution in [2.45, 2.75) is 31.1 Å². The average Bonchev–Trinajstić information content (AvgIpc) is 2.92. The van der Waals surface area contributed by atoms with Crippen molar-refractivity contribution in [2.75, 3.05) is 17.2 Å². The highest BCUT2D eigenvalue weighted by Crippen LogP contribution is 2.35. The summed E-state index contributed by atoms with van der Waals surface area (Å²) in [5.41, 5.74) is 4.76. The standard InChI is InChI=1S/C34H36BNO2S/c1-6-7-8-13-20-35-28-24-27(34(3,4)5)18-19-31(28)38-32(29(35)25-37)23-26(2)36-21-14-9-10-15-22-39-33-17-12-11-16-30(33)36/h6-20,23-25,37H,1-2,21-22H2,3-5H3/b8-7-,14-9-,15-10-,20-13+,29-25-,32-23+. The summed E-state index contributed by atoms with van der Waals surface area (Å²) in [6, 6.07) is 14.7. The summed E-state index contributed by atoms with van der Waals surface area (Å²) in [6.07, 6.45) is 19.1. The fourth-order valence-electron chi connectivity index (χ4n) is 4.55. The van der Waals surface area contributed by atoms with E-state index in [2.05, 4.69) is 106 Å². The molecule has 198 valence electrons. The second-order valence-electron chi connectivity index (χ2n) is 10.4. The molecule has 2 aromatic rings. The van der Waals surface area contributed by atoms with Crippen LogP contribution in [-0.2, 0) is 5.41 Å². The Balaban J connectivity index is 1.78. The van der Waals surface area contributed by atoms with Gasteiger partial charge >= 0.3 is 0 Å². The van der Waals surface area contributed by atoms with Crippen LogP contribution < -0.4 is 15.1 Å². The Labute approximate surface area is 238 Å². The van der Waals surface area contributed by atoms with Gasteiger partial charge in [-0.05, 0) is 34.6 Å². The Bertz CT molecular complexity index is 1400. The number of allylic oxidation sites excluding steroid dienone is 8. The molecule has 2 aromatic carbocycles. The third-order valence-electron chi connectivity index (χ3n) is 6.66. The van der Waals surface area contributed by atoms with Gasteiger partial charge in [0.15, 0.2) is 0 Å². The average molecular weight is 534 g/mol. The number of fused-ring (bicyclic) bond motifs is 2. The predicted octanol–water partition coefficient (Wildman–Crippen LogP) is 8.02. The molecule has 2 heterocycles. The van der Waals surface area contributed by atoms with E-state index in [1.165, 1.54) is 10.5 Å². The molecule has 1 N–H and O–H groups in total. The summed E-state index contributed by atoms with van der Waals surface area (Å²) in [4.78, 5) is 3.37. The van der Waals surface area contributed by atoms with Crippen LogP contribution in [0.15, 0.2) is 144 Å². The monoisotopic (exact) mass is 533 g/mol. The lowest BCUT2D eigenvalue weighted by atomic mass is 9.38. The highest BCUT2D eigenvalue weighted by Gasteiger charge is 2.33. The van der Waals surface area contributed by atoms with Crippen LogP contribution in [-0.4, -0.2) is 24.1 Å². The van der Waals surface area contributed by atoms with Crippen LogP contribution in [0.2, 0.25) is 0 Å². The van der Waals surface area contributed by atoms with Crippen LogP contribution in [0.5, 0.6) is 5.75 Å². The molecule has 0 spiro atoms. The van der Waals surface area contributed by atoms with Crippen molar-refractivity contribution in [3.8, 4) is 5.75 Å². The van der Waals surface area contributed by atoms with Crippen LogP contribution in [0.1, 0.15) is 26.3 Å². The third kappa shape index (κ3) is 6.79. The molecule has 0 unspecified atom stereocenters. The van der Waals surface area contributed by atoms with Gasteiger partial charge < -0.3 is 14.7 Å². The number of anilines is 1. The molecule has 0 atom stereocenters. The molecule has 4 rings (SSSR count). The lowest BCUT2D eigenvalue weighted by molar-refractivity contribution is 0.423. The molecule has 2 aliphatic heterocycles. The molecule has 0 radical (unpaired) electrons. The van der Waals surface area contributed by atoms with Gasteiger partial charge in [-0.2, -0.15) is 0 Å². The quantitative estimate of drug-likeness (QED) is 0.240. The highest BCUT2D eigenvalue weighted by atomic mass is 32.2. The number of nitrogens with zero attached hydrogens (tertiary/aromatic N) is 1. The summed E-state index contributed by atoms with van der Waals surface area (Å²) >= 11 is 1.80. The van der Waals surface area contributed by atoms with E-state index in [0.29, 0.717) is 17.8 Å². The lowest BCUT2D eigenvalue weighted by Crippen LogP contribution is -2.39. The van der Waals surface area contributed by atoms with Crippen LogP contribution in [0.3, 0.4) is 0 Å². The molecule has 0 saturated carbocycles. The largest absolute Gasteiger partial charge is 0.516 e. The summed E-state index contributed by atoms with van der Waals surface area (Å²) in [5.74, 6) is 4.33. The Kier molecular flexibility index (Phi) is 9.26. The van der Waals surface area contributed by atoms with E-state index in [-0.39, 0.29) is 12.1 Å². The number of benzene rings is 2. The Morgan fingerprint density at radius 2 is 1.87 bits per heavy atom. The van der Waals surface area contributed by atoms with Gasteiger partial charge in [0.2, 0.25) is 6.71 Å². The van der Waals surface area contributed by atoms with Gasteiger partial charge in [0.25, 0.3) is 0 Å².